The van der Waals surface area contributed by atoms with Crippen molar-refractivity contribution in [3.63, 3.8) is 0 Å². The number of primary sulfonamides is 1. The number of carbonyl (C=O) groups excluding carboxylic acids is 1. The van der Waals surface area contributed by atoms with Crippen molar-refractivity contribution in [2.75, 3.05) is 35.2 Å². The maximum absolute atomic E-state index is 12.9. The summed E-state index contributed by atoms with van der Waals surface area (Å²) in [7, 11) is -3.96. The molecule has 2 aliphatic rings. The van der Waals surface area contributed by atoms with Crippen molar-refractivity contribution in [2.45, 2.75) is 61.0 Å². The molecule has 7 rings (SSSR count). The van der Waals surface area contributed by atoms with Crippen molar-refractivity contribution in [3.05, 3.63) is 84.0 Å². The molecule has 2 saturated heterocycles. The van der Waals surface area contributed by atoms with Crippen LogP contribution in [0.15, 0.2) is 76.4 Å². The number of anilines is 3. The lowest BCUT2D eigenvalue weighted by atomic mass is 10.1. The molecule has 3 aromatic heterocycles. The second-order valence-corrected chi connectivity index (χ2v) is 14.4. The van der Waals surface area contributed by atoms with Gasteiger partial charge in [0.2, 0.25) is 16.0 Å². The van der Waals surface area contributed by atoms with Crippen LogP contribution < -0.4 is 26.0 Å². The van der Waals surface area contributed by atoms with Gasteiger partial charge in [-0.05, 0) is 36.6 Å². The number of aromatic nitrogens is 5. The molecule has 19 nitrogen and oxygen atoms in total. The van der Waals surface area contributed by atoms with Gasteiger partial charge in [-0.3, -0.25) is 4.57 Å². The monoisotopic (exact) mass is 750 g/mol. The first kappa shape index (κ1) is 36.2. The number of nitrogens with two attached hydrogens (primary N) is 1. The minimum Gasteiger partial charge on any atom is -0.394 e. The predicted octanol–water partition coefficient (Wildman–Crippen LogP) is 0.362. The highest BCUT2D eigenvalue weighted by molar-refractivity contribution is 7.89. The summed E-state index contributed by atoms with van der Waals surface area (Å²) < 4.78 is 36.3. The Bertz CT molecular complexity index is 2180. The molecule has 0 bridgehead atoms. The normalized spacial score (nSPS) is 22.3. The summed E-state index contributed by atoms with van der Waals surface area (Å²) in [5, 5.41) is 59.6. The minimum absolute atomic E-state index is 0.119. The number of ether oxygens (including phenoxy) is 1. The van der Waals surface area contributed by atoms with Gasteiger partial charge in [-0.2, -0.15) is 9.97 Å². The van der Waals surface area contributed by atoms with Gasteiger partial charge >= 0.3 is 6.03 Å². The molecule has 0 saturated carbocycles. The SMILES string of the molecule is NS(=O)(=O)c1cccc(NC(=O)N[C@@H]2CCN(c3nc(N[C@H](CO)Cc4ccccc4)c4ncn([C@@H]5O[C@H](c6cc(CO)no6)[C@@H](O)[C@@H]5O)c4n3)C2)c1. The van der Waals surface area contributed by atoms with Gasteiger partial charge < -0.3 is 50.5 Å². The second-order valence-electron chi connectivity index (χ2n) is 12.8. The lowest BCUT2D eigenvalue weighted by molar-refractivity contribution is -0.0434. The maximum atomic E-state index is 12.9. The number of benzene rings is 2. The Hall–Kier alpha value is -5.22. The van der Waals surface area contributed by atoms with E-state index in [0.717, 1.165) is 5.56 Å². The minimum atomic E-state index is -3.96. The Morgan fingerprint density at radius 3 is 2.60 bits per heavy atom. The Morgan fingerprint density at radius 2 is 1.87 bits per heavy atom. The number of aliphatic hydroxyl groups excluding tert-OH is 4. The topological polar surface area (TPSA) is 276 Å². The highest BCUT2D eigenvalue weighted by Gasteiger charge is 2.47. The first-order chi connectivity index (χ1) is 25.5. The molecule has 20 heteroatoms. The number of carbonyl (C=O) groups is 1. The number of fused-ring (bicyclic) bond motifs is 1. The van der Waals surface area contributed by atoms with Crippen LogP contribution >= 0.6 is 0 Å². The average molecular weight is 751 g/mol. The summed E-state index contributed by atoms with van der Waals surface area (Å²) in [5.41, 5.74) is 2.03. The van der Waals surface area contributed by atoms with Crippen LogP contribution in [0.25, 0.3) is 11.2 Å². The Labute approximate surface area is 302 Å². The van der Waals surface area contributed by atoms with Crippen molar-refractivity contribution in [3.8, 4) is 0 Å². The molecule has 280 valence electrons. The van der Waals surface area contributed by atoms with E-state index in [1.54, 1.807) is 0 Å². The molecule has 6 atom stereocenters. The number of hydrogen-bond donors (Lipinski definition) is 8. The zero-order valence-corrected chi connectivity index (χ0v) is 28.9. The number of aliphatic hydroxyl groups is 4. The Morgan fingerprint density at radius 1 is 1.06 bits per heavy atom. The van der Waals surface area contributed by atoms with Gasteiger partial charge in [0, 0.05) is 30.9 Å². The summed E-state index contributed by atoms with van der Waals surface area (Å²) in [6.45, 7) is 0.137. The van der Waals surface area contributed by atoms with Crippen LogP contribution in [0.4, 0.5) is 22.2 Å². The zero-order valence-electron chi connectivity index (χ0n) is 28.1. The van der Waals surface area contributed by atoms with Gasteiger partial charge in [-0.15, -0.1) is 0 Å². The third-order valence-electron chi connectivity index (χ3n) is 9.05. The van der Waals surface area contributed by atoms with E-state index in [0.29, 0.717) is 37.3 Å². The smallest absolute Gasteiger partial charge is 0.319 e. The summed E-state index contributed by atoms with van der Waals surface area (Å²) >= 11 is 0. The predicted molar refractivity (Wildman–Crippen MR) is 188 cm³/mol. The van der Waals surface area contributed by atoms with Crippen molar-refractivity contribution in [2.24, 2.45) is 5.14 Å². The summed E-state index contributed by atoms with van der Waals surface area (Å²) in [6, 6.07) is 15.3. The van der Waals surface area contributed by atoms with Crippen LogP contribution in [-0.4, -0.2) is 104 Å². The van der Waals surface area contributed by atoms with Gasteiger partial charge in [-0.25, -0.2) is 23.3 Å². The molecule has 2 fully saturated rings. The van der Waals surface area contributed by atoms with Crippen LogP contribution in [-0.2, 0) is 27.8 Å². The molecule has 9 N–H and O–H groups in total. The van der Waals surface area contributed by atoms with Gasteiger partial charge in [0.1, 0.15) is 24.0 Å². The third kappa shape index (κ3) is 7.78. The molecule has 2 amide bonds. The lowest BCUT2D eigenvalue weighted by Gasteiger charge is -2.22. The maximum Gasteiger partial charge on any atom is 0.319 e. The first-order valence-electron chi connectivity index (χ1n) is 16.7. The van der Waals surface area contributed by atoms with Crippen LogP contribution in [0.2, 0.25) is 0 Å². The number of sulfonamides is 1. The van der Waals surface area contributed by atoms with E-state index in [2.05, 4.69) is 26.1 Å². The molecule has 0 spiro atoms. The number of nitrogens with one attached hydrogen (secondary N) is 3. The van der Waals surface area contributed by atoms with Crippen molar-refractivity contribution in [1.29, 1.82) is 0 Å². The fraction of sp³-hybridized carbons (Fsp3) is 0.364. The van der Waals surface area contributed by atoms with E-state index in [4.69, 9.17) is 24.4 Å². The number of urea groups is 1. The Balaban J connectivity index is 1.15. The molecular formula is C33H38N10O9S. The van der Waals surface area contributed by atoms with E-state index in [9.17, 15) is 33.6 Å². The van der Waals surface area contributed by atoms with E-state index < -0.39 is 46.6 Å². The lowest BCUT2D eigenvalue weighted by Crippen LogP contribution is -2.40. The molecule has 0 aliphatic carbocycles. The third-order valence-corrected chi connectivity index (χ3v) is 9.97. The molecule has 2 aliphatic heterocycles. The van der Waals surface area contributed by atoms with E-state index in [1.165, 1.54) is 41.2 Å². The van der Waals surface area contributed by atoms with Crippen LogP contribution in [0.3, 0.4) is 0 Å². The number of imidazole rings is 1. The molecule has 5 heterocycles. The van der Waals surface area contributed by atoms with Gasteiger partial charge in [0.15, 0.2) is 29.0 Å². The number of rotatable bonds is 12. The van der Waals surface area contributed by atoms with Gasteiger partial charge in [-0.1, -0.05) is 41.6 Å². The first-order valence-corrected chi connectivity index (χ1v) is 18.2. The Kier molecular flexibility index (Phi) is 10.2. The molecular weight excluding hydrogens is 712 g/mol. The fourth-order valence-electron chi connectivity index (χ4n) is 6.41. The average Bonchev–Trinajstić information content (AvgIpc) is 3.95. The van der Waals surface area contributed by atoms with E-state index >= 15 is 0 Å². The molecule has 0 unspecified atom stereocenters. The van der Waals surface area contributed by atoms with E-state index in [1.807, 2.05) is 35.2 Å². The van der Waals surface area contributed by atoms with E-state index in [-0.39, 0.29) is 52.9 Å². The highest BCUT2D eigenvalue weighted by atomic mass is 32.2. The molecule has 5 aromatic rings. The molecule has 0 radical (unpaired) electrons. The number of nitrogens with zero attached hydrogens (tertiary/aromatic N) is 6. The summed E-state index contributed by atoms with van der Waals surface area (Å²) in [4.78, 5) is 28.7. The summed E-state index contributed by atoms with van der Waals surface area (Å²) in [6.07, 6.45) is -2.74. The van der Waals surface area contributed by atoms with Crippen LogP contribution in [0, 0.1) is 0 Å². The quantitative estimate of drug-likeness (QED) is 0.0855. The highest BCUT2D eigenvalue weighted by Crippen LogP contribution is 2.40. The van der Waals surface area contributed by atoms with Gasteiger partial charge in [0.25, 0.3) is 0 Å². The molecule has 53 heavy (non-hydrogen) atoms. The largest absolute Gasteiger partial charge is 0.394 e. The number of amides is 2. The van der Waals surface area contributed by atoms with Crippen LogP contribution in [0.5, 0.6) is 0 Å². The number of hydrogen-bond acceptors (Lipinski definition) is 15. The second kappa shape index (κ2) is 15.0. The zero-order chi connectivity index (χ0) is 37.3. The summed E-state index contributed by atoms with van der Waals surface area (Å²) in [5.74, 6) is 0.680. The van der Waals surface area contributed by atoms with Crippen molar-refractivity contribution >= 4 is 44.7 Å². The van der Waals surface area contributed by atoms with Crippen molar-refractivity contribution in [1.82, 2.24) is 30.0 Å². The molecule has 2 aromatic carbocycles. The standard InChI is InChI=1S/C33H38N10O9S/c34-53(49,50)23-8-4-7-19(12-23)37-33(48)38-20-9-10-42(14-20)32-39-29(36-21(15-44)11-18-5-2-1-3-6-18)25-30(40-32)43(17-35-25)31-27(47)26(46)28(51-31)24-13-22(16-45)41-52-24/h1-8,12-13,17,20-21,26-28,31,44-47H,9-11,14-16H2,(H2,34,49,50)(H,36,39,40)(H2,37,38,48)/t20-,21+,26+,27+,28-,31-/m1/s1. The van der Waals surface area contributed by atoms with Crippen molar-refractivity contribution < 1.29 is 42.9 Å². The van der Waals surface area contributed by atoms with Gasteiger partial charge in [0.05, 0.1) is 30.5 Å². The fourth-order valence-corrected chi connectivity index (χ4v) is 6.97. The van der Waals surface area contributed by atoms with Crippen LogP contribution in [0.1, 0.15) is 35.8 Å².